The lowest BCUT2D eigenvalue weighted by atomic mass is 9.82. The Balaban J connectivity index is 0.00000169. The van der Waals surface area contributed by atoms with Crippen LogP contribution in [0.2, 0.25) is 0 Å². The van der Waals surface area contributed by atoms with Crippen LogP contribution < -0.4 is 5.32 Å². The highest BCUT2D eigenvalue weighted by Gasteiger charge is 2.36. The highest BCUT2D eigenvalue weighted by atomic mass is 127. The molecule has 4 nitrogen and oxygen atoms in total. The number of nitrogens with zero attached hydrogens (tertiary/aromatic N) is 3. The minimum absolute atomic E-state index is 0. The fourth-order valence-corrected chi connectivity index (χ4v) is 4.72. The summed E-state index contributed by atoms with van der Waals surface area (Å²) in [6.45, 7) is 6.07. The van der Waals surface area contributed by atoms with Gasteiger partial charge in [-0.05, 0) is 56.3 Å². The number of halogens is 1. The van der Waals surface area contributed by atoms with E-state index in [9.17, 15) is 0 Å². The lowest BCUT2D eigenvalue weighted by molar-refractivity contribution is 0.255. The Bertz CT molecular complexity index is 419. The van der Waals surface area contributed by atoms with Crippen LogP contribution in [-0.2, 0) is 0 Å². The molecule has 4 aliphatic rings. The number of aliphatic imine (C=N–C) groups is 1. The Morgan fingerprint density at radius 3 is 2.25 bits per heavy atom. The predicted octanol–water partition coefficient (Wildman–Crippen LogP) is 3.18. The number of guanidine groups is 1. The van der Waals surface area contributed by atoms with Crippen LogP contribution in [0.25, 0.3) is 0 Å². The molecule has 1 saturated heterocycles. The van der Waals surface area contributed by atoms with Gasteiger partial charge in [-0.1, -0.05) is 12.8 Å². The van der Waals surface area contributed by atoms with Crippen molar-refractivity contribution in [2.24, 2.45) is 22.7 Å². The van der Waals surface area contributed by atoms with Gasteiger partial charge in [0.25, 0.3) is 0 Å². The molecule has 0 spiro atoms. The van der Waals surface area contributed by atoms with Crippen molar-refractivity contribution in [2.75, 3.05) is 39.8 Å². The molecule has 5 heteroatoms. The minimum Gasteiger partial charge on any atom is -0.355 e. The van der Waals surface area contributed by atoms with Gasteiger partial charge in [0.2, 0.25) is 0 Å². The minimum atomic E-state index is 0. The van der Waals surface area contributed by atoms with Crippen LogP contribution in [0, 0.1) is 17.8 Å². The fourth-order valence-electron chi connectivity index (χ4n) is 4.72. The van der Waals surface area contributed by atoms with Crippen molar-refractivity contribution in [1.82, 2.24) is 15.1 Å². The van der Waals surface area contributed by atoms with Crippen molar-refractivity contribution in [1.29, 1.82) is 0 Å². The molecule has 0 amide bonds. The quantitative estimate of drug-likeness (QED) is 0.386. The molecule has 24 heavy (non-hydrogen) atoms. The lowest BCUT2D eigenvalue weighted by Crippen LogP contribution is -2.44. The van der Waals surface area contributed by atoms with Crippen molar-refractivity contribution in [3.05, 3.63) is 0 Å². The summed E-state index contributed by atoms with van der Waals surface area (Å²) in [7, 11) is 1.95. The topological polar surface area (TPSA) is 30.9 Å². The van der Waals surface area contributed by atoms with E-state index in [1.54, 1.807) is 0 Å². The van der Waals surface area contributed by atoms with E-state index in [-0.39, 0.29) is 24.0 Å². The SMILES string of the molecule is CN=C(NCCN(CC1CC1)C1CC1)N1CC2CCCCC2C1.I. The third-order valence-electron chi connectivity index (χ3n) is 6.42. The van der Waals surface area contributed by atoms with Crippen LogP contribution in [0.1, 0.15) is 51.4 Å². The Hall–Kier alpha value is -0.0400. The largest absolute Gasteiger partial charge is 0.355 e. The summed E-state index contributed by atoms with van der Waals surface area (Å²) >= 11 is 0. The van der Waals surface area contributed by atoms with Gasteiger partial charge < -0.3 is 10.2 Å². The number of nitrogens with one attached hydrogen (secondary N) is 1. The summed E-state index contributed by atoms with van der Waals surface area (Å²) in [6.07, 6.45) is 11.6. The molecular formula is C19H35IN4. The summed E-state index contributed by atoms with van der Waals surface area (Å²) in [6, 6.07) is 0.897. The van der Waals surface area contributed by atoms with Crippen LogP contribution >= 0.6 is 24.0 Å². The molecule has 0 aromatic rings. The Labute approximate surface area is 164 Å². The molecule has 138 valence electrons. The maximum absolute atomic E-state index is 4.57. The maximum Gasteiger partial charge on any atom is 0.193 e. The molecule has 2 atom stereocenters. The summed E-state index contributed by atoms with van der Waals surface area (Å²) in [5.41, 5.74) is 0. The lowest BCUT2D eigenvalue weighted by Gasteiger charge is -2.25. The summed E-state index contributed by atoms with van der Waals surface area (Å²) in [4.78, 5) is 9.84. The van der Waals surface area contributed by atoms with Crippen molar-refractivity contribution >= 4 is 29.9 Å². The van der Waals surface area contributed by atoms with Gasteiger partial charge in [0.05, 0.1) is 0 Å². The van der Waals surface area contributed by atoms with Gasteiger partial charge in [0.15, 0.2) is 5.96 Å². The van der Waals surface area contributed by atoms with Crippen molar-refractivity contribution in [3.63, 3.8) is 0 Å². The van der Waals surface area contributed by atoms with E-state index in [0.29, 0.717) is 0 Å². The molecule has 0 bridgehead atoms. The van der Waals surface area contributed by atoms with E-state index in [0.717, 1.165) is 36.3 Å². The second-order valence-corrected chi connectivity index (χ2v) is 8.35. The molecule has 0 radical (unpaired) electrons. The third-order valence-corrected chi connectivity index (χ3v) is 6.42. The summed E-state index contributed by atoms with van der Waals surface area (Å²) < 4.78 is 0. The molecular weight excluding hydrogens is 411 g/mol. The van der Waals surface area contributed by atoms with Gasteiger partial charge >= 0.3 is 0 Å². The number of hydrogen-bond donors (Lipinski definition) is 1. The Kier molecular flexibility index (Phi) is 6.69. The normalized spacial score (nSPS) is 30.2. The molecule has 3 saturated carbocycles. The van der Waals surface area contributed by atoms with Gasteiger partial charge in [-0.3, -0.25) is 9.89 Å². The second-order valence-electron chi connectivity index (χ2n) is 8.35. The highest BCUT2D eigenvalue weighted by molar-refractivity contribution is 14.0. The average molecular weight is 446 g/mol. The number of hydrogen-bond acceptors (Lipinski definition) is 2. The van der Waals surface area contributed by atoms with Crippen LogP contribution in [0.5, 0.6) is 0 Å². The van der Waals surface area contributed by atoms with Crippen LogP contribution in [-0.4, -0.2) is 61.6 Å². The Morgan fingerprint density at radius 2 is 1.71 bits per heavy atom. The van der Waals surface area contributed by atoms with E-state index in [1.807, 2.05) is 7.05 Å². The van der Waals surface area contributed by atoms with Gasteiger partial charge in [0.1, 0.15) is 0 Å². The first-order valence-electron chi connectivity index (χ1n) is 10.0. The molecule has 3 aliphatic carbocycles. The summed E-state index contributed by atoms with van der Waals surface area (Å²) in [5, 5.41) is 3.66. The first-order valence-corrected chi connectivity index (χ1v) is 10.0. The second kappa shape index (κ2) is 8.56. The summed E-state index contributed by atoms with van der Waals surface area (Å²) in [5.74, 6) is 4.03. The standard InChI is InChI=1S/C19H34N4.HI/c1-20-19(23-13-16-4-2-3-5-17(16)14-23)21-10-11-22(18-8-9-18)12-15-6-7-15;/h15-18H,2-14H2,1H3,(H,20,21);1H. The van der Waals surface area contributed by atoms with Crippen LogP contribution in [0.15, 0.2) is 4.99 Å². The van der Waals surface area contributed by atoms with Crippen LogP contribution in [0.4, 0.5) is 0 Å². The van der Waals surface area contributed by atoms with E-state index in [1.165, 1.54) is 77.5 Å². The first kappa shape index (κ1) is 18.7. The zero-order valence-electron chi connectivity index (χ0n) is 15.3. The number of rotatable bonds is 6. The van der Waals surface area contributed by atoms with Crippen LogP contribution in [0.3, 0.4) is 0 Å². The molecule has 0 aromatic carbocycles. The van der Waals surface area contributed by atoms with E-state index < -0.39 is 0 Å². The maximum atomic E-state index is 4.57. The van der Waals surface area contributed by atoms with Gasteiger partial charge in [0, 0.05) is 45.8 Å². The molecule has 1 aliphatic heterocycles. The number of likely N-dealkylation sites (tertiary alicyclic amines) is 1. The van der Waals surface area contributed by atoms with E-state index >= 15 is 0 Å². The van der Waals surface area contributed by atoms with Crippen molar-refractivity contribution < 1.29 is 0 Å². The van der Waals surface area contributed by atoms with Gasteiger partial charge in [-0.25, -0.2) is 0 Å². The molecule has 4 rings (SSSR count). The smallest absolute Gasteiger partial charge is 0.193 e. The molecule has 2 unspecified atom stereocenters. The molecule has 1 N–H and O–H groups in total. The van der Waals surface area contributed by atoms with Gasteiger partial charge in [-0.2, -0.15) is 0 Å². The fraction of sp³-hybridized carbons (Fsp3) is 0.947. The van der Waals surface area contributed by atoms with Crippen molar-refractivity contribution in [3.8, 4) is 0 Å². The molecule has 1 heterocycles. The molecule has 0 aromatic heterocycles. The highest BCUT2D eigenvalue weighted by Crippen LogP contribution is 2.36. The van der Waals surface area contributed by atoms with Gasteiger partial charge in [-0.15, -0.1) is 24.0 Å². The Morgan fingerprint density at radius 1 is 1.04 bits per heavy atom. The number of fused-ring (bicyclic) bond motifs is 1. The van der Waals surface area contributed by atoms with E-state index in [2.05, 4.69) is 20.1 Å². The average Bonchev–Trinajstić information content (AvgIpc) is 3.48. The molecule has 4 fully saturated rings. The van der Waals surface area contributed by atoms with Crippen molar-refractivity contribution in [2.45, 2.75) is 57.4 Å². The first-order chi connectivity index (χ1) is 11.3. The zero-order valence-corrected chi connectivity index (χ0v) is 17.6. The zero-order chi connectivity index (χ0) is 15.6. The third kappa shape index (κ3) is 4.77. The predicted molar refractivity (Wildman–Crippen MR) is 111 cm³/mol. The van der Waals surface area contributed by atoms with E-state index in [4.69, 9.17) is 0 Å². The monoisotopic (exact) mass is 446 g/mol.